The van der Waals surface area contributed by atoms with Gasteiger partial charge >= 0.3 is 0 Å². The number of hydrogen-bond donors (Lipinski definition) is 0. The summed E-state index contributed by atoms with van der Waals surface area (Å²) in [5.41, 5.74) is 0.310. The first-order valence-electron chi connectivity index (χ1n) is 2.95. The monoisotopic (exact) mass is 130 g/mol. The summed E-state index contributed by atoms with van der Waals surface area (Å²) in [5, 5.41) is 1.19. The molecule has 8 heavy (non-hydrogen) atoms. The Morgan fingerprint density at radius 1 is 1.62 bits per heavy atom. The molecule has 0 fully saturated rings. The summed E-state index contributed by atoms with van der Waals surface area (Å²) in [6.45, 7) is 10.4. The first-order valence-corrected chi connectivity index (χ1v) is 3.53. The normalized spacial score (nSPS) is 11.5. The lowest BCUT2D eigenvalue weighted by molar-refractivity contribution is 0.454. The summed E-state index contributed by atoms with van der Waals surface area (Å²) in [7, 11) is 2.65. The van der Waals surface area contributed by atoms with E-state index in [1.165, 1.54) is 5.31 Å². The van der Waals surface area contributed by atoms with Crippen LogP contribution in [0, 0.1) is 5.41 Å². The molecular weight excluding hydrogens is 115 g/mol. The summed E-state index contributed by atoms with van der Waals surface area (Å²) < 4.78 is 0. The van der Waals surface area contributed by atoms with Crippen molar-refractivity contribution in [3.8, 4) is 0 Å². The Balaban J connectivity index is 3.91. The first-order chi connectivity index (χ1) is 3.50. The molecule has 48 valence electrons. The van der Waals surface area contributed by atoms with Crippen LogP contribution in [-0.2, 0) is 0 Å². The van der Waals surface area contributed by atoms with Crippen LogP contribution in [0.25, 0.3) is 0 Å². The van der Waals surface area contributed by atoms with Gasteiger partial charge in [-0.15, -0.1) is 9.24 Å². The summed E-state index contributed by atoms with van der Waals surface area (Å²) in [4.78, 5) is 0. The third-order valence-corrected chi connectivity index (χ3v) is 2.53. The SMILES string of the molecule is C=C(P)C(C)(C)CC. The van der Waals surface area contributed by atoms with Crippen molar-refractivity contribution in [2.24, 2.45) is 5.41 Å². The van der Waals surface area contributed by atoms with Crippen molar-refractivity contribution in [1.29, 1.82) is 0 Å². The standard InChI is InChI=1S/C7H15P/c1-5-7(3,4)6(2)8/h2,5,8H2,1,3-4H3. The number of hydrogen-bond acceptors (Lipinski definition) is 0. The minimum Gasteiger partial charge on any atom is -0.110 e. The lowest BCUT2D eigenvalue weighted by Gasteiger charge is -2.21. The van der Waals surface area contributed by atoms with Crippen LogP contribution in [0.2, 0.25) is 0 Å². The Morgan fingerprint density at radius 2 is 2.00 bits per heavy atom. The van der Waals surface area contributed by atoms with E-state index in [0.29, 0.717) is 5.41 Å². The van der Waals surface area contributed by atoms with Crippen LogP contribution in [0.15, 0.2) is 11.9 Å². The van der Waals surface area contributed by atoms with Gasteiger partial charge in [-0.1, -0.05) is 32.7 Å². The van der Waals surface area contributed by atoms with Crippen molar-refractivity contribution in [1.82, 2.24) is 0 Å². The molecule has 0 saturated heterocycles. The van der Waals surface area contributed by atoms with E-state index in [-0.39, 0.29) is 0 Å². The maximum absolute atomic E-state index is 3.86. The van der Waals surface area contributed by atoms with E-state index in [1.807, 2.05) is 0 Å². The number of rotatable bonds is 2. The largest absolute Gasteiger partial charge is 0.110 e. The number of allylic oxidation sites excluding steroid dienone is 1. The maximum atomic E-state index is 3.86. The summed E-state index contributed by atoms with van der Waals surface area (Å²) in [6.07, 6.45) is 1.16. The van der Waals surface area contributed by atoms with E-state index in [4.69, 9.17) is 0 Å². The molecule has 1 heteroatoms. The van der Waals surface area contributed by atoms with Gasteiger partial charge in [0.25, 0.3) is 0 Å². The summed E-state index contributed by atoms with van der Waals surface area (Å²) in [6, 6.07) is 0. The van der Waals surface area contributed by atoms with Gasteiger partial charge in [0.05, 0.1) is 0 Å². The van der Waals surface area contributed by atoms with Crippen LogP contribution in [0.5, 0.6) is 0 Å². The molecule has 0 aliphatic heterocycles. The fourth-order valence-corrected chi connectivity index (χ4v) is 0.431. The molecule has 0 N–H and O–H groups in total. The van der Waals surface area contributed by atoms with Gasteiger partial charge in [0.2, 0.25) is 0 Å². The third kappa shape index (κ3) is 1.96. The fourth-order valence-electron chi connectivity index (χ4n) is 0.227. The van der Waals surface area contributed by atoms with Gasteiger partial charge in [0.1, 0.15) is 0 Å². The molecule has 1 atom stereocenters. The van der Waals surface area contributed by atoms with Gasteiger partial charge in [-0.3, -0.25) is 0 Å². The van der Waals surface area contributed by atoms with Gasteiger partial charge in [-0.25, -0.2) is 0 Å². The average Bonchev–Trinajstić information content (AvgIpc) is 1.67. The molecule has 0 bridgehead atoms. The smallest absolute Gasteiger partial charge is 0.0113 e. The zero-order valence-corrected chi connectivity index (χ0v) is 7.15. The van der Waals surface area contributed by atoms with E-state index in [1.54, 1.807) is 0 Å². The summed E-state index contributed by atoms with van der Waals surface area (Å²) >= 11 is 0. The highest BCUT2D eigenvalue weighted by molar-refractivity contribution is 7.22. The molecule has 0 saturated carbocycles. The van der Waals surface area contributed by atoms with E-state index in [9.17, 15) is 0 Å². The van der Waals surface area contributed by atoms with Crippen LogP contribution >= 0.6 is 9.24 Å². The molecule has 0 aliphatic carbocycles. The van der Waals surface area contributed by atoms with Crippen LogP contribution in [0.4, 0.5) is 0 Å². The van der Waals surface area contributed by atoms with Gasteiger partial charge in [0, 0.05) is 0 Å². The van der Waals surface area contributed by atoms with Crippen molar-refractivity contribution in [2.75, 3.05) is 0 Å². The van der Waals surface area contributed by atoms with Crippen LogP contribution in [-0.4, -0.2) is 0 Å². The van der Waals surface area contributed by atoms with Crippen LogP contribution in [0.1, 0.15) is 27.2 Å². The van der Waals surface area contributed by atoms with Gasteiger partial charge in [-0.05, 0) is 11.8 Å². The quantitative estimate of drug-likeness (QED) is 0.504. The highest BCUT2D eigenvalue weighted by Crippen LogP contribution is 2.32. The summed E-state index contributed by atoms with van der Waals surface area (Å²) in [5.74, 6) is 0. The third-order valence-electron chi connectivity index (χ3n) is 1.75. The van der Waals surface area contributed by atoms with E-state index in [2.05, 4.69) is 36.6 Å². The molecular formula is C7H15P. The van der Waals surface area contributed by atoms with Crippen molar-refractivity contribution in [3.05, 3.63) is 11.9 Å². The van der Waals surface area contributed by atoms with Crippen molar-refractivity contribution >= 4 is 9.24 Å². The zero-order chi connectivity index (χ0) is 6.78. The molecule has 0 aromatic rings. The molecule has 0 aromatic heterocycles. The molecule has 0 radical (unpaired) electrons. The van der Waals surface area contributed by atoms with Crippen molar-refractivity contribution < 1.29 is 0 Å². The second-order valence-corrected chi connectivity index (χ2v) is 3.46. The van der Waals surface area contributed by atoms with E-state index >= 15 is 0 Å². The Hall–Kier alpha value is 0.170. The van der Waals surface area contributed by atoms with Gasteiger partial charge in [-0.2, -0.15) is 0 Å². The Bertz CT molecular complexity index is 92.6. The topological polar surface area (TPSA) is 0 Å². The van der Waals surface area contributed by atoms with Crippen LogP contribution in [0.3, 0.4) is 0 Å². The Labute approximate surface area is 54.6 Å². The fraction of sp³-hybridized carbons (Fsp3) is 0.714. The van der Waals surface area contributed by atoms with Crippen LogP contribution < -0.4 is 0 Å². The maximum Gasteiger partial charge on any atom is -0.0113 e. The van der Waals surface area contributed by atoms with E-state index < -0.39 is 0 Å². The Kier molecular flexibility index (Phi) is 2.70. The molecule has 0 rings (SSSR count). The van der Waals surface area contributed by atoms with Crippen molar-refractivity contribution in [3.63, 3.8) is 0 Å². The Morgan fingerprint density at radius 3 is 2.00 bits per heavy atom. The predicted octanol–water partition coefficient (Wildman–Crippen LogP) is 2.81. The van der Waals surface area contributed by atoms with Gasteiger partial charge < -0.3 is 0 Å². The molecule has 1 unspecified atom stereocenters. The van der Waals surface area contributed by atoms with Crippen molar-refractivity contribution in [2.45, 2.75) is 27.2 Å². The first kappa shape index (κ1) is 8.17. The second kappa shape index (κ2) is 2.64. The van der Waals surface area contributed by atoms with Gasteiger partial charge in [0.15, 0.2) is 0 Å². The molecule has 0 aromatic carbocycles. The molecule has 0 aliphatic rings. The highest BCUT2D eigenvalue weighted by atomic mass is 31.0. The molecule has 0 nitrogen and oxygen atoms in total. The second-order valence-electron chi connectivity index (χ2n) is 2.76. The lowest BCUT2D eigenvalue weighted by atomic mass is 9.90. The molecule has 0 heterocycles. The minimum absolute atomic E-state index is 0.310. The molecule has 0 spiro atoms. The highest BCUT2D eigenvalue weighted by Gasteiger charge is 2.14. The average molecular weight is 130 g/mol. The zero-order valence-electron chi connectivity index (χ0n) is 5.99. The lowest BCUT2D eigenvalue weighted by Crippen LogP contribution is -2.07. The minimum atomic E-state index is 0.310. The van der Waals surface area contributed by atoms with E-state index in [0.717, 1.165) is 6.42 Å². The predicted molar refractivity (Wildman–Crippen MR) is 42.9 cm³/mol. The molecule has 0 amide bonds.